The van der Waals surface area contributed by atoms with E-state index >= 15 is 0 Å². The van der Waals surface area contributed by atoms with Crippen LogP contribution in [0.1, 0.15) is 5.56 Å². The van der Waals surface area contributed by atoms with Crippen LogP contribution in [0.25, 0.3) is 0 Å². The van der Waals surface area contributed by atoms with Crippen molar-refractivity contribution in [1.82, 2.24) is 15.5 Å². The molecular weight excluding hydrogens is 406 g/mol. The van der Waals surface area contributed by atoms with Crippen LogP contribution in [-0.2, 0) is 11.2 Å². The van der Waals surface area contributed by atoms with Crippen LogP contribution >= 0.6 is 11.6 Å². The molecule has 8 nitrogen and oxygen atoms in total. The van der Waals surface area contributed by atoms with Crippen LogP contribution in [0, 0.1) is 0 Å². The van der Waals surface area contributed by atoms with Crippen molar-refractivity contribution in [1.29, 1.82) is 0 Å². The van der Waals surface area contributed by atoms with Gasteiger partial charge in [0.05, 0.1) is 0 Å². The van der Waals surface area contributed by atoms with Gasteiger partial charge >= 0.3 is 12.1 Å². The number of nitrogens with one attached hydrogen (secondary N) is 3. The molecule has 0 bridgehead atoms. The summed E-state index contributed by atoms with van der Waals surface area (Å²) in [5.74, 6) is -0.325. The summed E-state index contributed by atoms with van der Waals surface area (Å²) in [5.41, 5.74) is 2.64. The van der Waals surface area contributed by atoms with E-state index in [0.717, 1.165) is 24.3 Å². The standard InChI is InChI=1S/C21H22ClN5O3/c22-15-2-1-3-17(13-15)26-8-10-27(11-9-26)21(30)23-16-6-4-14(5-7-16)12-18-19(28)25-20(29)24-18/h1-7,13,18H,8-12H2,(H,23,30)(H2,24,25,28,29). The van der Waals surface area contributed by atoms with Crippen molar-refractivity contribution < 1.29 is 14.4 Å². The molecule has 3 N–H and O–H groups in total. The van der Waals surface area contributed by atoms with Crippen LogP contribution < -0.4 is 20.9 Å². The van der Waals surface area contributed by atoms with Crippen molar-refractivity contribution in [3.05, 3.63) is 59.1 Å². The Bertz CT molecular complexity index is 957. The van der Waals surface area contributed by atoms with Gasteiger partial charge < -0.3 is 20.4 Å². The number of amides is 5. The van der Waals surface area contributed by atoms with E-state index in [-0.39, 0.29) is 11.9 Å². The van der Waals surface area contributed by atoms with Gasteiger partial charge in [-0.3, -0.25) is 10.1 Å². The molecule has 0 saturated carbocycles. The van der Waals surface area contributed by atoms with E-state index in [1.807, 2.05) is 36.4 Å². The molecule has 2 aromatic rings. The fourth-order valence-corrected chi connectivity index (χ4v) is 3.79. The monoisotopic (exact) mass is 427 g/mol. The van der Waals surface area contributed by atoms with Gasteiger partial charge in [0.15, 0.2) is 0 Å². The molecule has 4 rings (SSSR count). The quantitative estimate of drug-likeness (QED) is 0.653. The fraction of sp³-hybridized carbons (Fsp3) is 0.286. The SMILES string of the molecule is O=C1NC(=O)C(Cc2ccc(NC(=O)N3CCN(c4cccc(Cl)c4)CC3)cc2)N1. The van der Waals surface area contributed by atoms with E-state index < -0.39 is 12.1 Å². The van der Waals surface area contributed by atoms with E-state index in [4.69, 9.17) is 11.6 Å². The molecule has 0 radical (unpaired) electrons. The van der Waals surface area contributed by atoms with Crippen molar-refractivity contribution in [2.24, 2.45) is 0 Å². The normalized spacial score (nSPS) is 18.8. The number of carbonyl (C=O) groups excluding carboxylic acids is 3. The number of halogens is 1. The number of hydrogen-bond donors (Lipinski definition) is 3. The number of imide groups is 1. The molecule has 2 aliphatic heterocycles. The van der Waals surface area contributed by atoms with E-state index in [2.05, 4.69) is 20.9 Å². The molecule has 156 valence electrons. The molecular formula is C21H22ClN5O3. The average molecular weight is 428 g/mol. The summed E-state index contributed by atoms with van der Waals surface area (Å²) >= 11 is 6.07. The largest absolute Gasteiger partial charge is 0.368 e. The van der Waals surface area contributed by atoms with Crippen LogP contribution in [0.15, 0.2) is 48.5 Å². The Hall–Kier alpha value is -3.26. The molecule has 5 amide bonds. The van der Waals surface area contributed by atoms with Crippen molar-refractivity contribution >= 4 is 40.9 Å². The van der Waals surface area contributed by atoms with Crippen LogP contribution in [0.3, 0.4) is 0 Å². The predicted molar refractivity (Wildman–Crippen MR) is 115 cm³/mol. The molecule has 9 heteroatoms. The minimum Gasteiger partial charge on any atom is -0.368 e. The minimum absolute atomic E-state index is 0.143. The Balaban J connectivity index is 1.28. The van der Waals surface area contributed by atoms with Gasteiger partial charge in [0.25, 0.3) is 5.91 Å². The second kappa shape index (κ2) is 8.62. The molecule has 0 aromatic heterocycles. The molecule has 1 atom stereocenters. The molecule has 2 fully saturated rings. The van der Waals surface area contributed by atoms with Crippen LogP contribution in [-0.4, -0.2) is 55.1 Å². The Morgan fingerprint density at radius 2 is 1.80 bits per heavy atom. The predicted octanol–water partition coefficient (Wildman–Crippen LogP) is 2.44. The lowest BCUT2D eigenvalue weighted by molar-refractivity contribution is -0.120. The highest BCUT2D eigenvalue weighted by Crippen LogP contribution is 2.21. The highest BCUT2D eigenvalue weighted by molar-refractivity contribution is 6.30. The summed E-state index contributed by atoms with van der Waals surface area (Å²) in [5, 5.41) is 8.40. The third kappa shape index (κ3) is 4.65. The van der Waals surface area contributed by atoms with Crippen LogP contribution in [0.4, 0.5) is 21.0 Å². The minimum atomic E-state index is -0.561. The number of benzene rings is 2. The Kier molecular flexibility index (Phi) is 5.76. The summed E-state index contributed by atoms with van der Waals surface area (Å²) in [6, 6.07) is 13.8. The van der Waals surface area contributed by atoms with Crippen molar-refractivity contribution in [3.8, 4) is 0 Å². The number of hydrogen-bond acceptors (Lipinski definition) is 4. The zero-order valence-electron chi connectivity index (χ0n) is 16.2. The first kappa shape index (κ1) is 20.0. The van der Waals surface area contributed by atoms with Gasteiger partial charge in [0.2, 0.25) is 0 Å². The highest BCUT2D eigenvalue weighted by Gasteiger charge is 2.29. The summed E-state index contributed by atoms with van der Waals surface area (Å²) in [6.07, 6.45) is 0.400. The van der Waals surface area contributed by atoms with Crippen molar-refractivity contribution in [2.45, 2.75) is 12.5 Å². The van der Waals surface area contributed by atoms with E-state index in [9.17, 15) is 14.4 Å². The maximum absolute atomic E-state index is 12.6. The zero-order chi connectivity index (χ0) is 21.1. The number of urea groups is 2. The first-order chi connectivity index (χ1) is 14.5. The molecule has 2 saturated heterocycles. The molecule has 0 aliphatic carbocycles. The smallest absolute Gasteiger partial charge is 0.322 e. The first-order valence-electron chi connectivity index (χ1n) is 9.75. The summed E-state index contributed by atoms with van der Waals surface area (Å²) in [7, 11) is 0. The van der Waals surface area contributed by atoms with Gasteiger partial charge in [0, 0.05) is 49.0 Å². The lowest BCUT2D eigenvalue weighted by Gasteiger charge is -2.36. The lowest BCUT2D eigenvalue weighted by atomic mass is 10.1. The first-order valence-corrected chi connectivity index (χ1v) is 10.1. The molecule has 1 unspecified atom stereocenters. The number of anilines is 2. The van der Waals surface area contributed by atoms with Crippen LogP contribution in [0.5, 0.6) is 0 Å². The summed E-state index contributed by atoms with van der Waals surface area (Å²) < 4.78 is 0. The maximum atomic E-state index is 12.6. The van der Waals surface area contributed by atoms with Crippen molar-refractivity contribution in [3.63, 3.8) is 0 Å². The van der Waals surface area contributed by atoms with Gasteiger partial charge in [0.1, 0.15) is 6.04 Å². The average Bonchev–Trinajstić information content (AvgIpc) is 3.06. The zero-order valence-corrected chi connectivity index (χ0v) is 17.0. The third-order valence-electron chi connectivity index (χ3n) is 5.24. The topological polar surface area (TPSA) is 93.8 Å². The maximum Gasteiger partial charge on any atom is 0.322 e. The molecule has 2 aliphatic rings. The van der Waals surface area contributed by atoms with Gasteiger partial charge in [-0.25, -0.2) is 9.59 Å². The molecule has 2 heterocycles. The molecule has 30 heavy (non-hydrogen) atoms. The lowest BCUT2D eigenvalue weighted by Crippen LogP contribution is -2.50. The third-order valence-corrected chi connectivity index (χ3v) is 5.48. The number of nitrogens with zero attached hydrogens (tertiary/aromatic N) is 2. The van der Waals surface area contributed by atoms with E-state index in [0.29, 0.717) is 30.2 Å². The summed E-state index contributed by atoms with van der Waals surface area (Å²) in [4.78, 5) is 39.4. The van der Waals surface area contributed by atoms with Gasteiger partial charge in [-0.1, -0.05) is 29.8 Å². The van der Waals surface area contributed by atoms with Crippen molar-refractivity contribution in [2.75, 3.05) is 36.4 Å². The Morgan fingerprint density at radius 3 is 2.43 bits per heavy atom. The van der Waals surface area contributed by atoms with E-state index in [1.165, 1.54) is 0 Å². The number of carbonyl (C=O) groups is 3. The van der Waals surface area contributed by atoms with Gasteiger partial charge in [-0.05, 0) is 35.9 Å². The Labute approximate surface area is 179 Å². The van der Waals surface area contributed by atoms with Crippen LogP contribution in [0.2, 0.25) is 5.02 Å². The Morgan fingerprint density at radius 1 is 1.07 bits per heavy atom. The molecule has 2 aromatic carbocycles. The van der Waals surface area contributed by atoms with E-state index in [1.54, 1.807) is 17.0 Å². The van der Waals surface area contributed by atoms with Gasteiger partial charge in [-0.15, -0.1) is 0 Å². The van der Waals surface area contributed by atoms with Gasteiger partial charge in [-0.2, -0.15) is 0 Å². The second-order valence-electron chi connectivity index (χ2n) is 7.30. The fourth-order valence-electron chi connectivity index (χ4n) is 3.61. The highest BCUT2D eigenvalue weighted by atomic mass is 35.5. The summed E-state index contributed by atoms with van der Waals surface area (Å²) in [6.45, 7) is 2.71. The second-order valence-corrected chi connectivity index (χ2v) is 7.74. The molecule has 0 spiro atoms. The number of piperazine rings is 1. The number of rotatable bonds is 4.